The summed E-state index contributed by atoms with van der Waals surface area (Å²) in [7, 11) is -2.41. The molecule has 1 amide bonds. The Morgan fingerprint density at radius 3 is 2.22 bits per heavy atom. The third-order valence-corrected chi connectivity index (χ3v) is 7.18. The van der Waals surface area contributed by atoms with Gasteiger partial charge in [0, 0.05) is 0 Å². The second-order valence-corrected chi connectivity index (χ2v) is 9.52. The Kier molecular flexibility index (Phi) is 7.20. The molecule has 32 heavy (non-hydrogen) atoms. The van der Waals surface area contributed by atoms with Crippen LogP contribution >= 0.6 is 0 Å². The Balaban J connectivity index is 1.87. The topological polar surface area (TPSA) is 75.7 Å². The van der Waals surface area contributed by atoms with Gasteiger partial charge in [-0.1, -0.05) is 36.4 Å². The largest absolute Gasteiger partial charge is 0.497 e. The van der Waals surface area contributed by atoms with Crippen LogP contribution in [-0.2, 0) is 14.8 Å². The number of hydrogen-bond donors (Lipinski definition) is 1. The number of nitrogens with one attached hydrogen (secondary N) is 1. The van der Waals surface area contributed by atoms with Gasteiger partial charge in [0.05, 0.1) is 23.7 Å². The van der Waals surface area contributed by atoms with E-state index in [1.807, 2.05) is 39.0 Å². The maximum atomic E-state index is 13.4. The molecule has 3 rings (SSSR count). The summed E-state index contributed by atoms with van der Waals surface area (Å²) in [4.78, 5) is 13.0. The summed E-state index contributed by atoms with van der Waals surface area (Å²) < 4.78 is 33.0. The van der Waals surface area contributed by atoms with Gasteiger partial charge >= 0.3 is 0 Å². The van der Waals surface area contributed by atoms with Gasteiger partial charge in [0.15, 0.2) is 0 Å². The lowest BCUT2D eigenvalue weighted by Crippen LogP contribution is -2.41. The van der Waals surface area contributed by atoms with E-state index in [2.05, 4.69) is 5.32 Å². The molecule has 0 radical (unpaired) electrons. The van der Waals surface area contributed by atoms with Gasteiger partial charge in [-0.25, -0.2) is 8.42 Å². The monoisotopic (exact) mass is 452 g/mol. The van der Waals surface area contributed by atoms with Crippen LogP contribution in [0.2, 0.25) is 0 Å². The van der Waals surface area contributed by atoms with Crippen LogP contribution in [0.1, 0.15) is 29.7 Å². The fourth-order valence-corrected chi connectivity index (χ4v) is 4.76. The second-order valence-electron chi connectivity index (χ2n) is 7.66. The Labute approximate surface area is 189 Å². The van der Waals surface area contributed by atoms with Crippen molar-refractivity contribution in [2.45, 2.75) is 31.7 Å². The lowest BCUT2D eigenvalue weighted by Gasteiger charge is -2.25. The third kappa shape index (κ3) is 5.29. The highest BCUT2D eigenvalue weighted by Crippen LogP contribution is 2.26. The Hall–Kier alpha value is -3.32. The first kappa shape index (κ1) is 23.3. The number of hydrogen-bond acceptors (Lipinski definition) is 4. The number of aryl methyl sites for hydroxylation is 2. The van der Waals surface area contributed by atoms with E-state index in [1.165, 1.54) is 24.8 Å². The molecule has 6 nitrogen and oxygen atoms in total. The first-order valence-electron chi connectivity index (χ1n) is 10.3. The molecule has 0 saturated carbocycles. The second kappa shape index (κ2) is 9.87. The van der Waals surface area contributed by atoms with Crippen LogP contribution in [0.5, 0.6) is 5.75 Å². The molecular formula is C25H28N2O4S. The highest BCUT2D eigenvalue weighted by molar-refractivity contribution is 7.92. The Morgan fingerprint density at radius 2 is 1.62 bits per heavy atom. The Bertz CT molecular complexity index is 1180. The van der Waals surface area contributed by atoms with Crippen LogP contribution in [0.4, 0.5) is 5.69 Å². The van der Waals surface area contributed by atoms with Crippen molar-refractivity contribution in [1.82, 2.24) is 5.32 Å². The molecule has 0 aliphatic heterocycles. The van der Waals surface area contributed by atoms with E-state index in [1.54, 1.807) is 42.5 Å². The zero-order valence-electron chi connectivity index (χ0n) is 18.7. The molecule has 0 spiro atoms. The average Bonchev–Trinajstić information content (AvgIpc) is 2.79. The van der Waals surface area contributed by atoms with E-state index in [0.29, 0.717) is 11.4 Å². The fourth-order valence-electron chi connectivity index (χ4n) is 3.32. The maximum Gasteiger partial charge on any atom is 0.264 e. The number of benzene rings is 3. The van der Waals surface area contributed by atoms with Crippen molar-refractivity contribution in [2.24, 2.45) is 0 Å². The number of sulfonamides is 1. The van der Waals surface area contributed by atoms with Crippen LogP contribution in [-0.4, -0.2) is 28.0 Å². The minimum atomic E-state index is -3.95. The van der Waals surface area contributed by atoms with Crippen LogP contribution in [0.3, 0.4) is 0 Å². The van der Waals surface area contributed by atoms with Crippen LogP contribution in [0.25, 0.3) is 0 Å². The van der Waals surface area contributed by atoms with Gasteiger partial charge < -0.3 is 10.1 Å². The molecule has 0 aliphatic rings. The highest BCUT2D eigenvalue weighted by Gasteiger charge is 2.27. The molecule has 3 aromatic rings. The smallest absolute Gasteiger partial charge is 0.264 e. The number of amides is 1. The van der Waals surface area contributed by atoms with Crippen LogP contribution in [0.15, 0.2) is 77.7 Å². The lowest BCUT2D eigenvalue weighted by atomic mass is 10.0. The van der Waals surface area contributed by atoms with Crippen LogP contribution in [0, 0.1) is 13.8 Å². The van der Waals surface area contributed by atoms with Crippen molar-refractivity contribution >= 4 is 21.6 Å². The molecular weight excluding hydrogens is 424 g/mol. The molecule has 1 atom stereocenters. The van der Waals surface area contributed by atoms with E-state index < -0.39 is 15.9 Å². The molecule has 1 unspecified atom stereocenters. The summed E-state index contributed by atoms with van der Waals surface area (Å²) in [6, 6.07) is 20.4. The predicted octanol–water partition coefficient (Wildman–Crippen LogP) is 4.38. The third-order valence-electron chi connectivity index (χ3n) is 5.39. The number of methoxy groups -OCH3 is 1. The molecule has 0 saturated heterocycles. The maximum absolute atomic E-state index is 13.4. The molecule has 0 bridgehead atoms. The predicted molar refractivity (Wildman–Crippen MR) is 126 cm³/mol. The minimum absolute atomic E-state index is 0.117. The summed E-state index contributed by atoms with van der Waals surface area (Å²) in [5.74, 6) is 0.199. The van der Waals surface area contributed by atoms with Gasteiger partial charge in [-0.05, 0) is 73.9 Å². The van der Waals surface area contributed by atoms with E-state index in [-0.39, 0.29) is 17.5 Å². The fraction of sp³-hybridized carbons (Fsp3) is 0.240. The molecule has 168 valence electrons. The number of anilines is 1. The van der Waals surface area contributed by atoms with E-state index in [4.69, 9.17) is 4.74 Å². The standard InChI is InChI=1S/C25H28N2O4S/c1-18-10-11-21(16-19(18)2)20(3)26-25(28)17-27(22-12-14-23(31-4)15-13-22)32(29,30)24-8-6-5-7-9-24/h5-16,20H,17H2,1-4H3,(H,26,28). The molecule has 0 aliphatic carbocycles. The average molecular weight is 453 g/mol. The molecule has 0 fully saturated rings. The SMILES string of the molecule is COc1ccc(N(CC(=O)NC(C)c2ccc(C)c(C)c2)S(=O)(=O)c2ccccc2)cc1. The van der Waals surface area contributed by atoms with Gasteiger partial charge in [0.2, 0.25) is 5.91 Å². The number of ether oxygens (including phenoxy) is 1. The van der Waals surface area contributed by atoms with Crippen molar-refractivity contribution in [3.63, 3.8) is 0 Å². The zero-order chi connectivity index (χ0) is 23.3. The van der Waals surface area contributed by atoms with Crippen molar-refractivity contribution in [3.8, 4) is 5.75 Å². The first-order valence-corrected chi connectivity index (χ1v) is 11.7. The quantitative estimate of drug-likeness (QED) is 0.550. The highest BCUT2D eigenvalue weighted by atomic mass is 32.2. The van der Waals surface area contributed by atoms with E-state index >= 15 is 0 Å². The van der Waals surface area contributed by atoms with Crippen molar-refractivity contribution in [1.29, 1.82) is 0 Å². The Morgan fingerprint density at radius 1 is 0.969 bits per heavy atom. The molecule has 7 heteroatoms. The van der Waals surface area contributed by atoms with E-state index in [9.17, 15) is 13.2 Å². The normalized spacial score (nSPS) is 12.1. The number of carbonyl (C=O) groups is 1. The zero-order valence-corrected chi connectivity index (χ0v) is 19.5. The molecule has 1 N–H and O–H groups in total. The van der Waals surface area contributed by atoms with Gasteiger partial charge in [-0.15, -0.1) is 0 Å². The lowest BCUT2D eigenvalue weighted by molar-refractivity contribution is -0.120. The molecule has 3 aromatic carbocycles. The molecule has 0 heterocycles. The number of nitrogens with zero attached hydrogens (tertiary/aromatic N) is 1. The van der Waals surface area contributed by atoms with Gasteiger partial charge in [0.1, 0.15) is 12.3 Å². The molecule has 0 aromatic heterocycles. The van der Waals surface area contributed by atoms with Crippen molar-refractivity contribution < 1.29 is 17.9 Å². The number of rotatable bonds is 8. The summed E-state index contributed by atoms with van der Waals surface area (Å²) >= 11 is 0. The van der Waals surface area contributed by atoms with Crippen molar-refractivity contribution in [2.75, 3.05) is 18.0 Å². The van der Waals surface area contributed by atoms with Crippen molar-refractivity contribution in [3.05, 3.63) is 89.5 Å². The minimum Gasteiger partial charge on any atom is -0.497 e. The van der Waals surface area contributed by atoms with Crippen LogP contribution < -0.4 is 14.4 Å². The first-order chi connectivity index (χ1) is 15.2. The number of carbonyl (C=O) groups excluding carboxylic acids is 1. The van der Waals surface area contributed by atoms with E-state index in [0.717, 1.165) is 15.4 Å². The summed E-state index contributed by atoms with van der Waals surface area (Å²) in [5.41, 5.74) is 3.65. The summed E-state index contributed by atoms with van der Waals surface area (Å²) in [5, 5.41) is 2.92. The summed E-state index contributed by atoms with van der Waals surface area (Å²) in [6.07, 6.45) is 0. The van der Waals surface area contributed by atoms with Gasteiger partial charge in [0.25, 0.3) is 10.0 Å². The summed E-state index contributed by atoms with van der Waals surface area (Å²) in [6.45, 7) is 5.58. The van der Waals surface area contributed by atoms with Gasteiger partial charge in [-0.3, -0.25) is 9.10 Å². The van der Waals surface area contributed by atoms with Gasteiger partial charge in [-0.2, -0.15) is 0 Å².